The summed E-state index contributed by atoms with van der Waals surface area (Å²) in [6.07, 6.45) is 0. The van der Waals surface area contributed by atoms with Crippen LogP contribution in [0.5, 0.6) is 0 Å². The van der Waals surface area contributed by atoms with Crippen LogP contribution in [0.2, 0.25) is 0 Å². The minimum Gasteiger partial charge on any atom is -0.379 e. The van der Waals surface area contributed by atoms with Gasteiger partial charge in [-0.1, -0.05) is 12.1 Å². The van der Waals surface area contributed by atoms with E-state index < -0.39 is 20.8 Å². The number of nitrogens with one attached hydrogen (secondary N) is 1. The number of nitro benzene ring substituents is 1. The van der Waals surface area contributed by atoms with Crippen LogP contribution in [-0.4, -0.2) is 43.9 Å². The Hall–Kier alpha value is -2.56. The molecule has 8 nitrogen and oxygen atoms in total. The molecule has 27 heavy (non-hydrogen) atoms. The number of nitrogens with zero attached hydrogens (tertiary/aromatic N) is 2. The van der Waals surface area contributed by atoms with Crippen LogP contribution in [0, 0.1) is 15.9 Å². The van der Waals surface area contributed by atoms with Crippen molar-refractivity contribution in [1.82, 2.24) is 4.31 Å². The van der Waals surface area contributed by atoms with Crippen LogP contribution < -0.4 is 5.32 Å². The van der Waals surface area contributed by atoms with Crippen molar-refractivity contribution in [3.8, 4) is 0 Å². The van der Waals surface area contributed by atoms with Crippen molar-refractivity contribution in [2.45, 2.75) is 11.4 Å². The van der Waals surface area contributed by atoms with Gasteiger partial charge >= 0.3 is 0 Å². The predicted molar refractivity (Wildman–Crippen MR) is 96.4 cm³/mol. The van der Waals surface area contributed by atoms with Crippen LogP contribution >= 0.6 is 0 Å². The van der Waals surface area contributed by atoms with E-state index in [0.717, 1.165) is 17.7 Å². The molecule has 0 saturated carbocycles. The third-order valence-electron chi connectivity index (χ3n) is 4.17. The topological polar surface area (TPSA) is 102 Å². The molecule has 0 amide bonds. The smallest absolute Gasteiger partial charge is 0.295 e. The van der Waals surface area contributed by atoms with Gasteiger partial charge in [0, 0.05) is 19.6 Å². The second-order valence-corrected chi connectivity index (χ2v) is 7.87. The largest absolute Gasteiger partial charge is 0.379 e. The normalized spacial score (nSPS) is 15.4. The molecule has 0 aromatic heterocycles. The molecule has 0 unspecified atom stereocenters. The summed E-state index contributed by atoms with van der Waals surface area (Å²) in [6, 6.07) is 9.55. The number of nitro groups is 1. The Labute approximate surface area is 155 Å². The predicted octanol–water partition coefficient (Wildman–Crippen LogP) is 2.37. The number of benzene rings is 2. The zero-order chi connectivity index (χ0) is 19.4. The summed E-state index contributed by atoms with van der Waals surface area (Å²) in [6.45, 7) is 1.61. The Morgan fingerprint density at radius 1 is 1.15 bits per heavy atom. The summed E-state index contributed by atoms with van der Waals surface area (Å²) in [5, 5.41) is 13.9. The van der Waals surface area contributed by atoms with Gasteiger partial charge < -0.3 is 10.1 Å². The van der Waals surface area contributed by atoms with Gasteiger partial charge in [-0.05, 0) is 29.8 Å². The molecule has 0 atom stereocenters. The standard InChI is InChI=1S/C17H18FN3O5S/c18-14-3-6-16(17(11-14)21(22)23)19-12-13-1-4-15(5-2-13)27(24,25)20-7-9-26-10-8-20/h1-6,11,19H,7-10,12H2. The van der Waals surface area contributed by atoms with E-state index in [1.807, 2.05) is 0 Å². The van der Waals surface area contributed by atoms with Crippen molar-refractivity contribution in [3.05, 3.63) is 64.0 Å². The van der Waals surface area contributed by atoms with Gasteiger partial charge in [0.1, 0.15) is 11.5 Å². The van der Waals surface area contributed by atoms with E-state index in [2.05, 4.69) is 5.32 Å². The molecular weight excluding hydrogens is 377 g/mol. The molecule has 144 valence electrons. The highest BCUT2D eigenvalue weighted by Crippen LogP contribution is 2.26. The van der Waals surface area contributed by atoms with E-state index in [1.54, 1.807) is 12.1 Å². The van der Waals surface area contributed by atoms with E-state index in [1.165, 1.54) is 22.5 Å². The quantitative estimate of drug-likeness (QED) is 0.595. The summed E-state index contributed by atoms with van der Waals surface area (Å²) in [5.74, 6) is -0.690. The Bertz CT molecular complexity index is 928. The third kappa shape index (κ3) is 4.41. The minimum atomic E-state index is -3.57. The Morgan fingerprint density at radius 2 is 1.81 bits per heavy atom. The molecule has 0 radical (unpaired) electrons. The van der Waals surface area contributed by atoms with Crippen molar-refractivity contribution >= 4 is 21.4 Å². The molecule has 0 bridgehead atoms. The number of hydrogen-bond acceptors (Lipinski definition) is 6. The maximum atomic E-state index is 13.2. The molecule has 1 aliphatic heterocycles. The summed E-state index contributed by atoms with van der Waals surface area (Å²) in [5.41, 5.74) is 0.558. The molecule has 1 aliphatic rings. The molecule has 1 N–H and O–H groups in total. The average Bonchev–Trinajstić information content (AvgIpc) is 2.68. The highest BCUT2D eigenvalue weighted by Gasteiger charge is 2.26. The second kappa shape index (κ2) is 7.99. The van der Waals surface area contributed by atoms with E-state index in [-0.39, 0.29) is 22.8 Å². The third-order valence-corrected chi connectivity index (χ3v) is 6.08. The fraction of sp³-hybridized carbons (Fsp3) is 0.294. The molecule has 1 fully saturated rings. The van der Waals surface area contributed by atoms with Gasteiger partial charge in [-0.2, -0.15) is 4.31 Å². The first kappa shape index (κ1) is 19.2. The minimum absolute atomic E-state index is 0.181. The van der Waals surface area contributed by atoms with Gasteiger partial charge in [0.2, 0.25) is 10.0 Å². The molecule has 1 saturated heterocycles. The van der Waals surface area contributed by atoms with Crippen LogP contribution in [0.15, 0.2) is 47.4 Å². The van der Waals surface area contributed by atoms with Crippen molar-refractivity contribution in [2.75, 3.05) is 31.6 Å². The first-order valence-electron chi connectivity index (χ1n) is 8.22. The lowest BCUT2D eigenvalue weighted by atomic mass is 10.2. The molecule has 0 spiro atoms. The summed E-state index contributed by atoms with van der Waals surface area (Å²) in [7, 11) is -3.57. The van der Waals surface area contributed by atoms with Gasteiger partial charge in [0.05, 0.1) is 29.1 Å². The van der Waals surface area contributed by atoms with Gasteiger partial charge in [0.15, 0.2) is 0 Å². The summed E-state index contributed by atoms with van der Waals surface area (Å²) >= 11 is 0. The second-order valence-electron chi connectivity index (χ2n) is 5.93. The van der Waals surface area contributed by atoms with Gasteiger partial charge in [-0.15, -0.1) is 0 Å². The van der Waals surface area contributed by atoms with Gasteiger partial charge in [0.25, 0.3) is 5.69 Å². The van der Waals surface area contributed by atoms with Crippen molar-refractivity contribution in [2.24, 2.45) is 0 Å². The van der Waals surface area contributed by atoms with Crippen molar-refractivity contribution < 1.29 is 22.5 Å². The summed E-state index contributed by atoms with van der Waals surface area (Å²) < 4.78 is 44.9. The highest BCUT2D eigenvalue weighted by atomic mass is 32.2. The highest BCUT2D eigenvalue weighted by molar-refractivity contribution is 7.89. The van der Waals surface area contributed by atoms with Crippen LogP contribution in [-0.2, 0) is 21.3 Å². The number of ether oxygens (including phenoxy) is 1. The lowest BCUT2D eigenvalue weighted by Crippen LogP contribution is -2.40. The number of sulfonamides is 1. The Morgan fingerprint density at radius 3 is 2.44 bits per heavy atom. The van der Waals surface area contributed by atoms with Crippen molar-refractivity contribution in [1.29, 1.82) is 0 Å². The van der Waals surface area contributed by atoms with Crippen molar-refractivity contribution in [3.63, 3.8) is 0 Å². The SMILES string of the molecule is O=[N+]([O-])c1cc(F)ccc1NCc1ccc(S(=O)(=O)N2CCOCC2)cc1. The zero-order valence-electron chi connectivity index (χ0n) is 14.3. The monoisotopic (exact) mass is 395 g/mol. The first-order chi connectivity index (χ1) is 12.9. The average molecular weight is 395 g/mol. The van der Waals surface area contributed by atoms with Crippen LogP contribution in [0.25, 0.3) is 0 Å². The maximum Gasteiger partial charge on any atom is 0.295 e. The molecule has 1 heterocycles. The fourth-order valence-corrected chi connectivity index (χ4v) is 4.13. The Kier molecular flexibility index (Phi) is 5.68. The number of hydrogen-bond donors (Lipinski definition) is 1. The molecule has 0 aliphatic carbocycles. The molecule has 10 heteroatoms. The van der Waals surface area contributed by atoms with E-state index in [9.17, 15) is 22.9 Å². The van der Waals surface area contributed by atoms with Crippen LogP contribution in [0.1, 0.15) is 5.56 Å². The number of halogens is 1. The van der Waals surface area contributed by atoms with Crippen LogP contribution in [0.3, 0.4) is 0 Å². The maximum absolute atomic E-state index is 13.2. The molecule has 2 aromatic rings. The van der Waals surface area contributed by atoms with Gasteiger partial charge in [-0.25, -0.2) is 12.8 Å². The number of rotatable bonds is 6. The molecule has 2 aromatic carbocycles. The van der Waals surface area contributed by atoms with Crippen LogP contribution in [0.4, 0.5) is 15.8 Å². The zero-order valence-corrected chi connectivity index (χ0v) is 15.1. The summed E-state index contributed by atoms with van der Waals surface area (Å²) in [4.78, 5) is 10.5. The lowest BCUT2D eigenvalue weighted by molar-refractivity contribution is -0.384. The molecular formula is C17H18FN3O5S. The lowest BCUT2D eigenvalue weighted by Gasteiger charge is -2.26. The number of morpholine rings is 1. The number of anilines is 1. The fourth-order valence-electron chi connectivity index (χ4n) is 2.72. The Balaban J connectivity index is 1.71. The van der Waals surface area contributed by atoms with E-state index >= 15 is 0 Å². The van der Waals surface area contributed by atoms with E-state index in [4.69, 9.17) is 4.74 Å². The van der Waals surface area contributed by atoms with E-state index in [0.29, 0.717) is 26.3 Å². The van der Waals surface area contributed by atoms with Gasteiger partial charge in [-0.3, -0.25) is 10.1 Å². The first-order valence-corrected chi connectivity index (χ1v) is 9.66. The molecule has 3 rings (SSSR count).